The zero-order valence-corrected chi connectivity index (χ0v) is 9.82. The summed E-state index contributed by atoms with van der Waals surface area (Å²) in [6.07, 6.45) is 3.21. The van der Waals surface area contributed by atoms with Crippen LogP contribution in [0.2, 0.25) is 0 Å². The molecule has 4 heteroatoms. The lowest BCUT2D eigenvalue weighted by molar-refractivity contribution is 0.302. The van der Waals surface area contributed by atoms with Crippen molar-refractivity contribution in [2.45, 2.75) is 13.5 Å². The molecule has 0 aliphatic heterocycles. The summed E-state index contributed by atoms with van der Waals surface area (Å²) in [5.74, 6) is 0.821. The fraction of sp³-hybridized carbons (Fsp3) is 0.182. The first-order valence-electron chi connectivity index (χ1n) is 4.53. The quantitative estimate of drug-likeness (QED) is 0.856. The highest BCUT2D eigenvalue weighted by molar-refractivity contribution is 9.10. The van der Waals surface area contributed by atoms with E-state index in [0.29, 0.717) is 6.61 Å². The molecule has 0 bridgehead atoms. The van der Waals surface area contributed by atoms with Crippen LogP contribution in [-0.2, 0) is 6.61 Å². The molecule has 2 aromatic rings. The predicted molar refractivity (Wildman–Crippen MR) is 59.7 cm³/mol. The smallest absolute Gasteiger partial charge is 0.134 e. The Balaban J connectivity index is 2.05. The van der Waals surface area contributed by atoms with Gasteiger partial charge in [0.1, 0.15) is 18.6 Å². The highest BCUT2D eigenvalue weighted by Gasteiger charge is 2.02. The Kier molecular flexibility index (Phi) is 3.06. The fourth-order valence-corrected chi connectivity index (χ4v) is 1.79. The molecule has 0 aliphatic rings. The zero-order chi connectivity index (χ0) is 10.7. The third kappa shape index (κ3) is 2.59. The minimum absolute atomic E-state index is 0.463. The first-order valence-corrected chi connectivity index (χ1v) is 5.32. The van der Waals surface area contributed by atoms with Crippen LogP contribution < -0.4 is 4.74 Å². The van der Waals surface area contributed by atoms with Gasteiger partial charge in [-0.05, 0) is 40.5 Å². The van der Waals surface area contributed by atoms with Crippen molar-refractivity contribution in [3.63, 3.8) is 0 Å². The van der Waals surface area contributed by atoms with Crippen molar-refractivity contribution in [3.05, 3.63) is 46.3 Å². The van der Waals surface area contributed by atoms with Gasteiger partial charge < -0.3 is 9.26 Å². The minimum Gasteiger partial charge on any atom is -0.488 e. The predicted octanol–water partition coefficient (Wildman–Crippen LogP) is 3.32. The number of halogens is 1. The number of benzene rings is 1. The summed E-state index contributed by atoms with van der Waals surface area (Å²) in [6.45, 7) is 2.50. The molecule has 0 atom stereocenters. The van der Waals surface area contributed by atoms with E-state index >= 15 is 0 Å². The van der Waals surface area contributed by atoms with Crippen LogP contribution in [0.4, 0.5) is 0 Å². The van der Waals surface area contributed by atoms with E-state index in [1.165, 1.54) is 5.56 Å². The average Bonchev–Trinajstić information content (AvgIpc) is 2.69. The van der Waals surface area contributed by atoms with Crippen molar-refractivity contribution < 1.29 is 9.26 Å². The standard InChI is InChI=1S/C11H10BrNO2/c1-8-2-3-11(10(12)4-8)14-6-9-5-13-15-7-9/h2-5,7H,6H2,1H3. The van der Waals surface area contributed by atoms with Gasteiger partial charge in [-0.1, -0.05) is 11.2 Å². The number of hydrogen-bond donors (Lipinski definition) is 0. The summed E-state index contributed by atoms with van der Waals surface area (Å²) < 4.78 is 11.3. The van der Waals surface area contributed by atoms with Gasteiger partial charge in [0.15, 0.2) is 0 Å². The number of aryl methyl sites for hydroxylation is 1. The number of nitrogens with zero attached hydrogens (tertiary/aromatic N) is 1. The van der Waals surface area contributed by atoms with Crippen LogP contribution in [-0.4, -0.2) is 5.16 Å². The van der Waals surface area contributed by atoms with Gasteiger partial charge in [0, 0.05) is 5.56 Å². The molecule has 1 aromatic heterocycles. The molecule has 15 heavy (non-hydrogen) atoms. The van der Waals surface area contributed by atoms with Crippen molar-refractivity contribution in [2.24, 2.45) is 0 Å². The van der Waals surface area contributed by atoms with Gasteiger partial charge in [-0.15, -0.1) is 0 Å². The summed E-state index contributed by atoms with van der Waals surface area (Å²) >= 11 is 3.45. The second-order valence-corrected chi connectivity index (χ2v) is 4.11. The van der Waals surface area contributed by atoms with Gasteiger partial charge in [0.25, 0.3) is 0 Å². The normalized spacial score (nSPS) is 10.3. The molecule has 1 aromatic carbocycles. The second-order valence-electron chi connectivity index (χ2n) is 3.26. The van der Waals surface area contributed by atoms with E-state index in [9.17, 15) is 0 Å². The molecule has 0 unspecified atom stereocenters. The van der Waals surface area contributed by atoms with Crippen LogP contribution in [0.1, 0.15) is 11.1 Å². The number of ether oxygens (including phenoxy) is 1. The van der Waals surface area contributed by atoms with Crippen LogP contribution in [0.25, 0.3) is 0 Å². The average molecular weight is 268 g/mol. The summed E-state index contributed by atoms with van der Waals surface area (Å²) in [6, 6.07) is 5.96. The van der Waals surface area contributed by atoms with Crippen LogP contribution >= 0.6 is 15.9 Å². The van der Waals surface area contributed by atoms with Gasteiger partial charge in [-0.3, -0.25) is 0 Å². The number of rotatable bonds is 3. The Morgan fingerprint density at radius 2 is 2.33 bits per heavy atom. The first-order chi connectivity index (χ1) is 7.25. The van der Waals surface area contributed by atoms with Crippen LogP contribution in [0.3, 0.4) is 0 Å². The van der Waals surface area contributed by atoms with E-state index in [0.717, 1.165) is 15.8 Å². The summed E-state index contributed by atoms with van der Waals surface area (Å²) in [5.41, 5.74) is 2.11. The molecular formula is C11H10BrNO2. The van der Waals surface area contributed by atoms with E-state index in [1.807, 2.05) is 25.1 Å². The molecule has 0 saturated carbocycles. The Morgan fingerprint density at radius 3 is 3.00 bits per heavy atom. The van der Waals surface area contributed by atoms with E-state index in [2.05, 4.69) is 21.1 Å². The third-order valence-electron chi connectivity index (χ3n) is 1.97. The molecule has 0 fully saturated rings. The molecule has 2 rings (SSSR count). The zero-order valence-electron chi connectivity index (χ0n) is 8.24. The molecule has 0 aliphatic carbocycles. The molecular weight excluding hydrogens is 258 g/mol. The summed E-state index contributed by atoms with van der Waals surface area (Å²) in [7, 11) is 0. The van der Waals surface area contributed by atoms with E-state index in [1.54, 1.807) is 12.5 Å². The van der Waals surface area contributed by atoms with Gasteiger partial charge >= 0.3 is 0 Å². The van der Waals surface area contributed by atoms with Crippen molar-refractivity contribution in [1.29, 1.82) is 0 Å². The first kappa shape index (κ1) is 10.2. The fourth-order valence-electron chi connectivity index (χ4n) is 1.18. The lowest BCUT2D eigenvalue weighted by Crippen LogP contribution is -1.94. The SMILES string of the molecule is Cc1ccc(OCc2cnoc2)c(Br)c1. The third-order valence-corrected chi connectivity index (χ3v) is 2.58. The molecule has 0 N–H and O–H groups in total. The maximum atomic E-state index is 5.59. The highest BCUT2D eigenvalue weighted by Crippen LogP contribution is 2.26. The van der Waals surface area contributed by atoms with Crippen molar-refractivity contribution in [1.82, 2.24) is 5.16 Å². The number of aromatic nitrogens is 1. The summed E-state index contributed by atoms with van der Waals surface area (Å²) in [4.78, 5) is 0. The van der Waals surface area contributed by atoms with E-state index in [4.69, 9.17) is 9.26 Å². The largest absolute Gasteiger partial charge is 0.488 e. The monoisotopic (exact) mass is 267 g/mol. The second kappa shape index (κ2) is 4.49. The molecule has 0 spiro atoms. The topological polar surface area (TPSA) is 35.3 Å². The van der Waals surface area contributed by atoms with Gasteiger partial charge in [0.05, 0.1) is 10.7 Å². The van der Waals surface area contributed by atoms with E-state index < -0.39 is 0 Å². The maximum absolute atomic E-state index is 5.59. The lowest BCUT2D eigenvalue weighted by Gasteiger charge is -2.06. The van der Waals surface area contributed by atoms with Crippen LogP contribution in [0.15, 0.2) is 39.7 Å². The Labute approximate surface area is 96.2 Å². The molecule has 0 saturated heterocycles. The molecule has 3 nitrogen and oxygen atoms in total. The van der Waals surface area contributed by atoms with Crippen LogP contribution in [0, 0.1) is 6.92 Å². The molecule has 0 amide bonds. The van der Waals surface area contributed by atoms with Crippen molar-refractivity contribution in [2.75, 3.05) is 0 Å². The van der Waals surface area contributed by atoms with Gasteiger partial charge in [-0.25, -0.2) is 0 Å². The molecule has 78 valence electrons. The summed E-state index contributed by atoms with van der Waals surface area (Å²) in [5, 5.41) is 3.60. The van der Waals surface area contributed by atoms with Crippen LogP contribution in [0.5, 0.6) is 5.75 Å². The Hall–Kier alpha value is -1.29. The van der Waals surface area contributed by atoms with Gasteiger partial charge in [-0.2, -0.15) is 0 Å². The molecule has 0 radical (unpaired) electrons. The number of hydrogen-bond acceptors (Lipinski definition) is 3. The highest BCUT2D eigenvalue weighted by atomic mass is 79.9. The van der Waals surface area contributed by atoms with Gasteiger partial charge in [0.2, 0.25) is 0 Å². The minimum atomic E-state index is 0.463. The maximum Gasteiger partial charge on any atom is 0.134 e. The van der Waals surface area contributed by atoms with E-state index in [-0.39, 0.29) is 0 Å². The van der Waals surface area contributed by atoms with Crippen molar-refractivity contribution >= 4 is 15.9 Å². The molecule has 1 heterocycles. The van der Waals surface area contributed by atoms with Crippen molar-refractivity contribution in [3.8, 4) is 5.75 Å². The Morgan fingerprint density at radius 1 is 1.47 bits per heavy atom. The Bertz CT molecular complexity index is 440. The lowest BCUT2D eigenvalue weighted by atomic mass is 10.2.